The average Bonchev–Trinajstić information content (AvgIpc) is 2.52. The summed E-state index contributed by atoms with van der Waals surface area (Å²) >= 11 is 3.74. The van der Waals surface area contributed by atoms with Crippen molar-refractivity contribution in [2.24, 2.45) is 0 Å². The zero-order valence-electron chi connectivity index (χ0n) is 16.2. The maximum Gasteiger partial charge on any atom is 0.0187 e. The minimum atomic E-state index is 1.07. The first-order valence-corrected chi connectivity index (χ1v) is 10.5. The van der Waals surface area contributed by atoms with E-state index in [1.807, 2.05) is 0 Å². The van der Waals surface area contributed by atoms with Gasteiger partial charge in [-0.3, -0.25) is 0 Å². The van der Waals surface area contributed by atoms with Crippen molar-refractivity contribution in [1.29, 1.82) is 0 Å². The summed E-state index contributed by atoms with van der Waals surface area (Å²) < 4.78 is 1.12. The molecule has 1 atom stereocenters. The van der Waals surface area contributed by atoms with Gasteiger partial charge in [-0.1, -0.05) is 47.1 Å². The van der Waals surface area contributed by atoms with E-state index in [0.29, 0.717) is 0 Å². The van der Waals surface area contributed by atoms with Crippen LogP contribution in [-0.2, 0) is 6.42 Å². The molecule has 0 aliphatic heterocycles. The van der Waals surface area contributed by atoms with Gasteiger partial charge in [-0.25, -0.2) is 0 Å². The van der Waals surface area contributed by atoms with Crippen molar-refractivity contribution in [2.45, 2.75) is 41.0 Å². The zero-order valence-corrected chi connectivity index (χ0v) is 18.9. The third-order valence-electron chi connectivity index (χ3n) is 5.03. The lowest BCUT2D eigenvalue weighted by Gasteiger charge is -2.17. The molecular weight excluding hydrogens is 399 g/mol. The molecule has 0 spiro atoms. The molecular formula is C24H26BrP. The Kier molecular flexibility index (Phi) is 5.70. The van der Waals surface area contributed by atoms with E-state index in [0.717, 1.165) is 10.9 Å². The van der Waals surface area contributed by atoms with Gasteiger partial charge in [0.2, 0.25) is 0 Å². The van der Waals surface area contributed by atoms with Crippen molar-refractivity contribution in [2.75, 3.05) is 0 Å². The molecule has 0 aliphatic rings. The first-order chi connectivity index (χ1) is 12.3. The van der Waals surface area contributed by atoms with Crippen LogP contribution in [0.1, 0.15) is 34.7 Å². The summed E-state index contributed by atoms with van der Waals surface area (Å²) in [5, 5.41) is 1.24. The molecule has 0 aromatic heterocycles. The second kappa shape index (κ2) is 7.67. The number of hydrogen-bond donors (Lipinski definition) is 0. The highest BCUT2D eigenvalue weighted by Gasteiger charge is 2.13. The molecule has 0 nitrogen and oxygen atoms in total. The van der Waals surface area contributed by atoms with Crippen molar-refractivity contribution >= 4 is 30.5 Å². The monoisotopic (exact) mass is 424 g/mol. The molecule has 0 saturated heterocycles. The van der Waals surface area contributed by atoms with Gasteiger partial charge in [0.05, 0.1) is 0 Å². The summed E-state index contributed by atoms with van der Waals surface area (Å²) in [7, 11) is 2.81. The van der Waals surface area contributed by atoms with E-state index in [2.05, 4.69) is 102 Å². The fourth-order valence-electron chi connectivity index (χ4n) is 4.04. The van der Waals surface area contributed by atoms with Crippen molar-refractivity contribution in [1.82, 2.24) is 0 Å². The lowest BCUT2D eigenvalue weighted by molar-refractivity contribution is 1.12. The van der Waals surface area contributed by atoms with Gasteiger partial charge in [0.15, 0.2) is 0 Å². The number of hydrogen-bond acceptors (Lipinski definition) is 0. The third kappa shape index (κ3) is 3.80. The summed E-state index contributed by atoms with van der Waals surface area (Å²) in [4.78, 5) is 0. The van der Waals surface area contributed by atoms with E-state index in [1.54, 1.807) is 0 Å². The molecule has 0 aliphatic carbocycles. The lowest BCUT2D eigenvalue weighted by atomic mass is 9.89. The fourth-order valence-corrected chi connectivity index (χ4v) is 5.04. The van der Waals surface area contributed by atoms with Gasteiger partial charge in [0.25, 0.3) is 0 Å². The van der Waals surface area contributed by atoms with Crippen molar-refractivity contribution in [3.63, 3.8) is 0 Å². The molecule has 0 saturated carbocycles. The predicted molar refractivity (Wildman–Crippen MR) is 123 cm³/mol. The maximum atomic E-state index is 3.74. The molecule has 0 heterocycles. The Morgan fingerprint density at radius 2 is 1.12 bits per heavy atom. The summed E-state index contributed by atoms with van der Waals surface area (Å²) in [5.41, 5.74) is 12.0. The van der Waals surface area contributed by atoms with E-state index in [-0.39, 0.29) is 0 Å². The van der Waals surface area contributed by atoms with E-state index >= 15 is 0 Å². The van der Waals surface area contributed by atoms with E-state index in [4.69, 9.17) is 0 Å². The second-order valence-corrected chi connectivity index (χ2v) is 8.80. The first kappa shape index (κ1) is 19.3. The number of rotatable bonds is 3. The highest BCUT2D eigenvalue weighted by atomic mass is 79.9. The molecule has 2 heteroatoms. The summed E-state index contributed by atoms with van der Waals surface area (Å²) in [6.07, 6.45) is 1.07. The molecule has 3 aromatic carbocycles. The van der Waals surface area contributed by atoms with E-state index in [1.165, 1.54) is 55.4 Å². The van der Waals surface area contributed by atoms with Crippen molar-refractivity contribution in [3.8, 4) is 22.3 Å². The molecule has 134 valence electrons. The summed E-state index contributed by atoms with van der Waals surface area (Å²) in [5.74, 6) is 0. The summed E-state index contributed by atoms with van der Waals surface area (Å²) in [6.45, 7) is 11.1. The molecule has 0 fully saturated rings. The molecule has 0 radical (unpaired) electrons. The molecule has 0 N–H and O–H groups in total. The number of benzene rings is 3. The highest BCUT2D eigenvalue weighted by Crippen LogP contribution is 2.36. The van der Waals surface area contributed by atoms with E-state index < -0.39 is 0 Å². The molecule has 26 heavy (non-hydrogen) atoms. The SMILES string of the molecule is CCc1cc(C)c(-c2cc(Br)cc(-c3c(C)cc(P)cc3C)c2)c(C)c1. The average molecular weight is 425 g/mol. The van der Waals surface area contributed by atoms with Gasteiger partial charge < -0.3 is 0 Å². The predicted octanol–water partition coefficient (Wildman–Crippen LogP) is 7.08. The molecule has 3 rings (SSSR count). The topological polar surface area (TPSA) is 0 Å². The Bertz CT molecular complexity index is 939. The number of halogens is 1. The Hall–Kier alpha value is -1.43. The zero-order chi connectivity index (χ0) is 19.0. The second-order valence-electron chi connectivity index (χ2n) is 7.22. The van der Waals surface area contributed by atoms with Gasteiger partial charge in [-0.15, -0.1) is 9.24 Å². The largest absolute Gasteiger partial charge is 0.106 e. The van der Waals surface area contributed by atoms with Crippen LogP contribution in [-0.4, -0.2) is 0 Å². The summed E-state index contributed by atoms with van der Waals surface area (Å²) in [6, 6.07) is 15.9. The lowest BCUT2D eigenvalue weighted by Crippen LogP contribution is -1.98. The standard InChI is InChI=1S/C24H26BrP/c1-6-18-7-14(2)23(15(3)8-18)19-11-20(13-21(25)12-19)24-16(4)9-22(26)10-17(24)5/h7-13H,6,26H2,1-5H3. The number of aryl methyl sites for hydroxylation is 5. The highest BCUT2D eigenvalue weighted by molar-refractivity contribution is 9.10. The Labute approximate surface area is 168 Å². The minimum Gasteiger partial charge on any atom is -0.106 e. The van der Waals surface area contributed by atoms with Gasteiger partial charge in [0.1, 0.15) is 0 Å². The van der Waals surface area contributed by atoms with Gasteiger partial charge in [-0.05, 0) is 108 Å². The molecule has 1 unspecified atom stereocenters. The van der Waals surface area contributed by atoms with Crippen LogP contribution in [0.5, 0.6) is 0 Å². The first-order valence-electron chi connectivity index (χ1n) is 9.08. The fraction of sp³-hybridized carbons (Fsp3) is 0.250. The maximum absolute atomic E-state index is 3.74. The third-order valence-corrected chi connectivity index (χ3v) is 5.82. The van der Waals surface area contributed by atoms with Gasteiger partial charge in [-0.2, -0.15) is 0 Å². The minimum absolute atomic E-state index is 1.07. The molecule has 0 amide bonds. The van der Waals surface area contributed by atoms with Crippen LogP contribution in [0.4, 0.5) is 0 Å². The Morgan fingerprint density at radius 1 is 0.692 bits per heavy atom. The van der Waals surface area contributed by atoms with E-state index in [9.17, 15) is 0 Å². The normalized spacial score (nSPS) is 11.0. The van der Waals surface area contributed by atoms with Crippen LogP contribution in [0.2, 0.25) is 0 Å². The Balaban J connectivity index is 2.23. The smallest absolute Gasteiger partial charge is 0.0187 e. The van der Waals surface area contributed by atoms with Gasteiger partial charge in [0, 0.05) is 4.47 Å². The van der Waals surface area contributed by atoms with Crippen LogP contribution in [0.15, 0.2) is 46.9 Å². The van der Waals surface area contributed by atoms with Crippen LogP contribution in [0.25, 0.3) is 22.3 Å². The van der Waals surface area contributed by atoms with Crippen LogP contribution < -0.4 is 5.30 Å². The van der Waals surface area contributed by atoms with Gasteiger partial charge >= 0.3 is 0 Å². The van der Waals surface area contributed by atoms with Crippen LogP contribution >= 0.6 is 25.2 Å². The van der Waals surface area contributed by atoms with Crippen molar-refractivity contribution in [3.05, 3.63) is 74.8 Å². The quantitative estimate of drug-likeness (QED) is 0.394. The van der Waals surface area contributed by atoms with Crippen molar-refractivity contribution < 1.29 is 0 Å². The Morgan fingerprint density at radius 3 is 1.54 bits per heavy atom. The molecule has 3 aromatic rings. The van der Waals surface area contributed by atoms with Crippen LogP contribution in [0, 0.1) is 27.7 Å². The van der Waals surface area contributed by atoms with Crippen LogP contribution in [0.3, 0.4) is 0 Å². The molecule has 0 bridgehead atoms.